The molecular weight excluding hydrogens is 290 g/mol. The molecule has 0 aliphatic rings. The van der Waals surface area contributed by atoms with Crippen LogP contribution in [0.3, 0.4) is 0 Å². The second-order valence-corrected chi connectivity index (χ2v) is 5.34. The fourth-order valence-electron chi connectivity index (χ4n) is 1.73. The molecular formula is C15H20ClN3O2. The molecule has 6 heteroatoms. The minimum atomic E-state index is -0.483. The topological polar surface area (TPSA) is 81.2 Å². The molecule has 0 fully saturated rings. The van der Waals surface area contributed by atoms with Crippen molar-refractivity contribution >= 4 is 18.3 Å². The van der Waals surface area contributed by atoms with Crippen molar-refractivity contribution in [3.05, 3.63) is 41.8 Å². The second-order valence-electron chi connectivity index (χ2n) is 5.34. The van der Waals surface area contributed by atoms with Crippen LogP contribution < -0.4 is 11.1 Å². The zero-order valence-electron chi connectivity index (χ0n) is 12.3. The number of aryl methyl sites for hydroxylation is 1. The van der Waals surface area contributed by atoms with Gasteiger partial charge in [0.25, 0.3) is 5.91 Å². The molecule has 1 heterocycles. The highest BCUT2D eigenvalue weighted by atomic mass is 35.5. The predicted molar refractivity (Wildman–Crippen MR) is 84.5 cm³/mol. The SMILES string of the molecule is Cc1nc(-c2ccccc2)oc1C(=O)NC(C)(C)CN.Cl. The van der Waals surface area contributed by atoms with E-state index in [1.165, 1.54) is 0 Å². The number of nitrogens with zero attached hydrogens (tertiary/aromatic N) is 1. The van der Waals surface area contributed by atoms with Crippen molar-refractivity contribution in [2.75, 3.05) is 6.54 Å². The first kappa shape index (κ1) is 17.2. The number of aromatic nitrogens is 1. The number of amides is 1. The van der Waals surface area contributed by atoms with Gasteiger partial charge in [0.2, 0.25) is 11.7 Å². The Morgan fingerprint density at radius 2 is 1.95 bits per heavy atom. The van der Waals surface area contributed by atoms with Crippen molar-refractivity contribution in [2.24, 2.45) is 5.73 Å². The zero-order chi connectivity index (χ0) is 14.8. The van der Waals surface area contributed by atoms with Crippen molar-refractivity contribution in [3.8, 4) is 11.5 Å². The Balaban J connectivity index is 0.00000220. The molecule has 1 aromatic heterocycles. The molecule has 0 aliphatic carbocycles. The molecule has 114 valence electrons. The van der Waals surface area contributed by atoms with E-state index in [-0.39, 0.29) is 24.1 Å². The lowest BCUT2D eigenvalue weighted by Gasteiger charge is -2.23. The molecule has 0 spiro atoms. The molecule has 3 N–H and O–H groups in total. The summed E-state index contributed by atoms with van der Waals surface area (Å²) in [7, 11) is 0. The van der Waals surface area contributed by atoms with Gasteiger partial charge in [-0.05, 0) is 32.9 Å². The lowest BCUT2D eigenvalue weighted by Crippen LogP contribution is -2.48. The summed E-state index contributed by atoms with van der Waals surface area (Å²) >= 11 is 0. The molecule has 0 bridgehead atoms. The molecule has 0 radical (unpaired) electrons. The molecule has 2 aromatic rings. The molecule has 1 amide bonds. The van der Waals surface area contributed by atoms with E-state index in [4.69, 9.17) is 10.2 Å². The molecule has 0 saturated carbocycles. The van der Waals surface area contributed by atoms with Gasteiger partial charge in [0.1, 0.15) is 0 Å². The van der Waals surface area contributed by atoms with Crippen LogP contribution in [0.5, 0.6) is 0 Å². The largest absolute Gasteiger partial charge is 0.431 e. The van der Waals surface area contributed by atoms with Gasteiger partial charge in [0.05, 0.1) is 5.69 Å². The lowest BCUT2D eigenvalue weighted by molar-refractivity contribution is 0.0887. The first-order valence-electron chi connectivity index (χ1n) is 6.48. The van der Waals surface area contributed by atoms with Gasteiger partial charge in [0.15, 0.2) is 0 Å². The van der Waals surface area contributed by atoms with Gasteiger partial charge in [-0.15, -0.1) is 12.4 Å². The highest BCUT2D eigenvalue weighted by molar-refractivity contribution is 5.93. The summed E-state index contributed by atoms with van der Waals surface area (Å²) in [4.78, 5) is 16.5. The summed E-state index contributed by atoms with van der Waals surface area (Å²) in [5.74, 6) is 0.372. The standard InChI is InChI=1S/C15H19N3O2.ClH/c1-10-12(13(19)18-15(2,3)9-16)20-14(17-10)11-7-5-4-6-8-11;/h4-8H,9,16H2,1-3H3,(H,18,19);1H. The third-order valence-electron chi connectivity index (χ3n) is 2.99. The maximum absolute atomic E-state index is 12.2. The summed E-state index contributed by atoms with van der Waals surface area (Å²) < 4.78 is 5.59. The highest BCUT2D eigenvalue weighted by Gasteiger charge is 2.24. The van der Waals surface area contributed by atoms with Crippen molar-refractivity contribution < 1.29 is 9.21 Å². The van der Waals surface area contributed by atoms with Crippen molar-refractivity contribution in [2.45, 2.75) is 26.3 Å². The van der Waals surface area contributed by atoms with Crippen molar-refractivity contribution in [3.63, 3.8) is 0 Å². The summed E-state index contributed by atoms with van der Waals surface area (Å²) in [6.45, 7) is 5.81. The Hall–Kier alpha value is -1.85. The van der Waals surface area contributed by atoms with Crippen LogP contribution in [0.1, 0.15) is 30.1 Å². The van der Waals surface area contributed by atoms with Crippen LogP contribution in [0.4, 0.5) is 0 Å². The van der Waals surface area contributed by atoms with E-state index < -0.39 is 5.54 Å². The Kier molecular flexibility index (Phi) is 5.52. The fourth-order valence-corrected chi connectivity index (χ4v) is 1.73. The molecule has 0 aliphatic heterocycles. The van der Waals surface area contributed by atoms with Crippen LogP contribution in [-0.2, 0) is 0 Å². The normalized spacial score (nSPS) is 10.9. The van der Waals surface area contributed by atoms with E-state index in [0.29, 0.717) is 18.1 Å². The van der Waals surface area contributed by atoms with Crippen LogP contribution in [-0.4, -0.2) is 23.0 Å². The number of nitrogens with two attached hydrogens (primary N) is 1. The minimum Gasteiger partial charge on any atom is -0.431 e. The van der Waals surface area contributed by atoms with Crippen molar-refractivity contribution in [1.29, 1.82) is 0 Å². The predicted octanol–water partition coefficient (Wildman–Crippen LogP) is 2.54. The number of benzene rings is 1. The number of hydrogen-bond donors (Lipinski definition) is 2. The van der Waals surface area contributed by atoms with Crippen molar-refractivity contribution in [1.82, 2.24) is 10.3 Å². The Morgan fingerprint density at radius 3 is 2.52 bits per heavy atom. The number of nitrogens with one attached hydrogen (secondary N) is 1. The smallest absolute Gasteiger partial charge is 0.289 e. The number of halogens is 1. The van der Waals surface area contributed by atoms with Gasteiger partial charge in [0, 0.05) is 17.6 Å². The molecule has 5 nitrogen and oxygen atoms in total. The lowest BCUT2D eigenvalue weighted by atomic mass is 10.1. The fraction of sp³-hybridized carbons (Fsp3) is 0.333. The van der Waals surface area contributed by atoms with E-state index in [1.807, 2.05) is 44.2 Å². The maximum Gasteiger partial charge on any atom is 0.289 e. The number of rotatable bonds is 4. The van der Waals surface area contributed by atoms with Crippen LogP contribution in [0.2, 0.25) is 0 Å². The first-order valence-corrected chi connectivity index (χ1v) is 6.48. The van der Waals surface area contributed by atoms with Gasteiger partial charge in [-0.25, -0.2) is 4.98 Å². The van der Waals surface area contributed by atoms with Gasteiger partial charge in [-0.2, -0.15) is 0 Å². The molecule has 0 unspecified atom stereocenters. The maximum atomic E-state index is 12.2. The Bertz CT molecular complexity index is 609. The van der Waals surface area contributed by atoms with Crippen LogP contribution in [0, 0.1) is 6.92 Å². The van der Waals surface area contributed by atoms with Crippen LogP contribution in [0.15, 0.2) is 34.7 Å². The van der Waals surface area contributed by atoms with Crippen LogP contribution in [0.25, 0.3) is 11.5 Å². The molecule has 1 aromatic carbocycles. The van der Waals surface area contributed by atoms with Gasteiger partial charge in [-0.3, -0.25) is 4.79 Å². The first-order chi connectivity index (χ1) is 9.43. The van der Waals surface area contributed by atoms with E-state index in [9.17, 15) is 4.79 Å². The quantitative estimate of drug-likeness (QED) is 0.909. The summed E-state index contributed by atoms with van der Waals surface area (Å²) in [5, 5.41) is 2.83. The average Bonchev–Trinajstić information content (AvgIpc) is 2.81. The summed E-state index contributed by atoms with van der Waals surface area (Å²) in [5.41, 5.74) is 6.53. The summed E-state index contributed by atoms with van der Waals surface area (Å²) in [6.07, 6.45) is 0. The Labute approximate surface area is 130 Å². The van der Waals surface area contributed by atoms with Gasteiger partial charge >= 0.3 is 0 Å². The van der Waals surface area contributed by atoms with E-state index in [2.05, 4.69) is 10.3 Å². The third-order valence-corrected chi connectivity index (χ3v) is 2.99. The highest BCUT2D eigenvalue weighted by Crippen LogP contribution is 2.21. The van der Waals surface area contributed by atoms with E-state index >= 15 is 0 Å². The molecule has 21 heavy (non-hydrogen) atoms. The van der Waals surface area contributed by atoms with E-state index in [1.54, 1.807) is 6.92 Å². The zero-order valence-corrected chi connectivity index (χ0v) is 13.2. The average molecular weight is 310 g/mol. The van der Waals surface area contributed by atoms with Crippen LogP contribution >= 0.6 is 12.4 Å². The number of oxazole rings is 1. The number of carbonyl (C=O) groups is 1. The molecule has 0 saturated heterocycles. The van der Waals surface area contributed by atoms with E-state index in [0.717, 1.165) is 5.56 Å². The molecule has 2 rings (SSSR count). The second kappa shape index (κ2) is 6.74. The number of hydrogen-bond acceptors (Lipinski definition) is 4. The monoisotopic (exact) mass is 309 g/mol. The number of carbonyl (C=O) groups excluding carboxylic acids is 1. The van der Waals surface area contributed by atoms with Gasteiger partial charge in [-0.1, -0.05) is 18.2 Å². The molecule has 0 atom stereocenters. The summed E-state index contributed by atoms with van der Waals surface area (Å²) in [6, 6.07) is 9.47. The third kappa shape index (κ3) is 4.06. The Morgan fingerprint density at radius 1 is 1.33 bits per heavy atom. The van der Waals surface area contributed by atoms with Gasteiger partial charge < -0.3 is 15.5 Å². The minimum absolute atomic E-state index is 0.